The number of nitrogens with one attached hydrogen (secondary N) is 2. The Morgan fingerprint density at radius 3 is 2.78 bits per heavy atom. The number of ether oxygens (including phenoxy) is 1. The van der Waals surface area contributed by atoms with Crippen LogP contribution in [0.15, 0.2) is 29.3 Å². The molecule has 1 aliphatic carbocycles. The lowest BCUT2D eigenvalue weighted by Gasteiger charge is -2.12. The van der Waals surface area contributed by atoms with Crippen molar-refractivity contribution in [3.05, 3.63) is 35.4 Å². The number of hydrogen-bond donors (Lipinski definition) is 2. The van der Waals surface area contributed by atoms with E-state index < -0.39 is 0 Å². The lowest BCUT2D eigenvalue weighted by atomic mass is 10.0. The highest BCUT2D eigenvalue weighted by Crippen LogP contribution is 2.41. The molecule has 1 aromatic rings. The quantitative estimate of drug-likeness (QED) is 0.287. The van der Waals surface area contributed by atoms with Crippen LogP contribution in [-0.2, 0) is 4.74 Å². The minimum atomic E-state index is 0. The van der Waals surface area contributed by atoms with Crippen LogP contribution in [0.25, 0.3) is 0 Å². The average Bonchev–Trinajstić information content (AvgIpc) is 3.26. The van der Waals surface area contributed by atoms with Crippen LogP contribution in [0, 0.1) is 6.92 Å². The fraction of sp³-hybridized carbons (Fsp3) is 0.611. The Kier molecular flexibility index (Phi) is 9.55. The number of halogens is 1. The summed E-state index contributed by atoms with van der Waals surface area (Å²) >= 11 is 0. The largest absolute Gasteiger partial charge is 0.382 e. The lowest BCUT2D eigenvalue weighted by Crippen LogP contribution is -2.39. The van der Waals surface area contributed by atoms with Gasteiger partial charge in [0.1, 0.15) is 0 Å². The number of aryl methyl sites for hydroxylation is 1. The van der Waals surface area contributed by atoms with Crippen LogP contribution in [0.5, 0.6) is 0 Å². The van der Waals surface area contributed by atoms with Gasteiger partial charge in [0, 0.05) is 38.3 Å². The SMILES string of the molecule is CCNC(=NCCCOCC)NC1CC1c1ccccc1C.I. The van der Waals surface area contributed by atoms with Crippen molar-refractivity contribution in [2.45, 2.75) is 45.6 Å². The minimum Gasteiger partial charge on any atom is -0.382 e. The molecule has 0 aliphatic heterocycles. The molecular formula is C18H30IN3O. The first-order chi connectivity index (χ1) is 10.8. The van der Waals surface area contributed by atoms with Crippen molar-refractivity contribution in [2.24, 2.45) is 4.99 Å². The summed E-state index contributed by atoms with van der Waals surface area (Å²) in [4.78, 5) is 4.63. The molecule has 23 heavy (non-hydrogen) atoms. The van der Waals surface area contributed by atoms with Crippen molar-refractivity contribution in [2.75, 3.05) is 26.3 Å². The van der Waals surface area contributed by atoms with E-state index in [1.54, 1.807) is 0 Å². The molecule has 2 unspecified atom stereocenters. The zero-order chi connectivity index (χ0) is 15.8. The van der Waals surface area contributed by atoms with E-state index in [0.717, 1.165) is 38.7 Å². The van der Waals surface area contributed by atoms with Crippen molar-refractivity contribution in [3.8, 4) is 0 Å². The Hall–Kier alpha value is -0.820. The molecule has 2 atom stereocenters. The Labute approximate surface area is 157 Å². The van der Waals surface area contributed by atoms with E-state index in [2.05, 4.69) is 53.7 Å². The maximum absolute atomic E-state index is 5.35. The van der Waals surface area contributed by atoms with Gasteiger partial charge in [0.05, 0.1) is 0 Å². The summed E-state index contributed by atoms with van der Waals surface area (Å²) in [6, 6.07) is 9.18. The molecule has 0 saturated heterocycles. The third kappa shape index (κ3) is 6.67. The van der Waals surface area contributed by atoms with E-state index in [1.807, 2.05) is 6.92 Å². The van der Waals surface area contributed by atoms with E-state index in [9.17, 15) is 0 Å². The summed E-state index contributed by atoms with van der Waals surface area (Å²) in [7, 11) is 0. The number of aliphatic imine (C=N–C) groups is 1. The zero-order valence-electron chi connectivity index (χ0n) is 14.5. The van der Waals surface area contributed by atoms with Gasteiger partial charge in [-0.05, 0) is 44.7 Å². The molecular weight excluding hydrogens is 401 g/mol. The molecule has 0 radical (unpaired) electrons. The molecule has 2 rings (SSSR count). The van der Waals surface area contributed by atoms with Gasteiger partial charge in [0.15, 0.2) is 5.96 Å². The molecule has 2 N–H and O–H groups in total. The van der Waals surface area contributed by atoms with Gasteiger partial charge in [0.2, 0.25) is 0 Å². The van der Waals surface area contributed by atoms with Gasteiger partial charge in [-0.1, -0.05) is 24.3 Å². The normalized spacial score (nSPS) is 19.9. The molecule has 0 amide bonds. The van der Waals surface area contributed by atoms with Crippen molar-refractivity contribution >= 4 is 29.9 Å². The maximum atomic E-state index is 5.35. The van der Waals surface area contributed by atoms with E-state index in [0.29, 0.717) is 12.0 Å². The van der Waals surface area contributed by atoms with Crippen molar-refractivity contribution in [3.63, 3.8) is 0 Å². The van der Waals surface area contributed by atoms with Crippen molar-refractivity contribution in [1.29, 1.82) is 0 Å². The zero-order valence-corrected chi connectivity index (χ0v) is 16.8. The van der Waals surface area contributed by atoms with E-state index in [-0.39, 0.29) is 24.0 Å². The van der Waals surface area contributed by atoms with E-state index >= 15 is 0 Å². The summed E-state index contributed by atoms with van der Waals surface area (Å²) < 4.78 is 5.35. The Morgan fingerprint density at radius 2 is 2.09 bits per heavy atom. The van der Waals surface area contributed by atoms with Crippen molar-refractivity contribution < 1.29 is 4.74 Å². The molecule has 1 aromatic carbocycles. The Balaban J connectivity index is 0.00000264. The van der Waals surface area contributed by atoms with Crippen LogP contribution in [0.2, 0.25) is 0 Å². The van der Waals surface area contributed by atoms with Crippen LogP contribution < -0.4 is 10.6 Å². The second-order valence-electron chi connectivity index (χ2n) is 5.76. The van der Waals surface area contributed by atoms with Crippen LogP contribution >= 0.6 is 24.0 Å². The first-order valence-electron chi connectivity index (χ1n) is 8.44. The Morgan fingerprint density at radius 1 is 1.30 bits per heavy atom. The highest BCUT2D eigenvalue weighted by molar-refractivity contribution is 14.0. The summed E-state index contributed by atoms with van der Waals surface area (Å²) in [6.07, 6.45) is 2.16. The summed E-state index contributed by atoms with van der Waals surface area (Å²) in [6.45, 7) is 9.57. The van der Waals surface area contributed by atoms with Gasteiger partial charge < -0.3 is 15.4 Å². The molecule has 1 aliphatic rings. The third-order valence-corrected chi connectivity index (χ3v) is 3.97. The molecule has 0 heterocycles. The van der Waals surface area contributed by atoms with Crippen LogP contribution in [-0.4, -0.2) is 38.3 Å². The van der Waals surface area contributed by atoms with Crippen LogP contribution in [0.1, 0.15) is 43.7 Å². The van der Waals surface area contributed by atoms with Gasteiger partial charge in [-0.15, -0.1) is 24.0 Å². The summed E-state index contributed by atoms with van der Waals surface area (Å²) in [5.41, 5.74) is 2.85. The van der Waals surface area contributed by atoms with Crippen LogP contribution in [0.4, 0.5) is 0 Å². The van der Waals surface area contributed by atoms with E-state index in [1.165, 1.54) is 17.5 Å². The standard InChI is InChI=1S/C18H29N3O.HI/c1-4-19-18(20-11-8-12-22-5-2)21-17-13-16(17)15-10-7-6-9-14(15)3;/h6-7,9-10,16-17H,4-5,8,11-13H2,1-3H3,(H2,19,20,21);1H. The molecule has 4 nitrogen and oxygen atoms in total. The molecule has 1 saturated carbocycles. The molecule has 5 heteroatoms. The Bertz CT molecular complexity index is 493. The fourth-order valence-corrected chi connectivity index (χ4v) is 2.70. The molecule has 0 aromatic heterocycles. The van der Waals surface area contributed by atoms with E-state index in [4.69, 9.17) is 4.74 Å². The maximum Gasteiger partial charge on any atom is 0.191 e. The highest BCUT2D eigenvalue weighted by Gasteiger charge is 2.39. The number of benzene rings is 1. The molecule has 0 bridgehead atoms. The second kappa shape index (κ2) is 10.9. The minimum absolute atomic E-state index is 0. The van der Waals surface area contributed by atoms with Gasteiger partial charge in [-0.25, -0.2) is 0 Å². The second-order valence-corrected chi connectivity index (χ2v) is 5.76. The monoisotopic (exact) mass is 431 g/mol. The number of hydrogen-bond acceptors (Lipinski definition) is 2. The van der Waals surface area contributed by atoms with Gasteiger partial charge in [0.25, 0.3) is 0 Å². The first-order valence-corrected chi connectivity index (χ1v) is 8.44. The fourth-order valence-electron chi connectivity index (χ4n) is 2.70. The van der Waals surface area contributed by atoms with Crippen molar-refractivity contribution in [1.82, 2.24) is 10.6 Å². The molecule has 0 spiro atoms. The topological polar surface area (TPSA) is 45.7 Å². The summed E-state index contributed by atoms with van der Waals surface area (Å²) in [5, 5.41) is 6.89. The lowest BCUT2D eigenvalue weighted by molar-refractivity contribution is 0.146. The predicted octanol–water partition coefficient (Wildman–Crippen LogP) is 3.45. The highest BCUT2D eigenvalue weighted by atomic mass is 127. The predicted molar refractivity (Wildman–Crippen MR) is 108 cm³/mol. The van der Waals surface area contributed by atoms with Crippen LogP contribution in [0.3, 0.4) is 0 Å². The summed E-state index contributed by atoms with van der Waals surface area (Å²) in [5.74, 6) is 1.55. The number of rotatable bonds is 8. The third-order valence-electron chi connectivity index (χ3n) is 3.97. The van der Waals surface area contributed by atoms with Gasteiger partial charge in [-0.3, -0.25) is 4.99 Å². The smallest absolute Gasteiger partial charge is 0.191 e. The number of nitrogens with zero attached hydrogens (tertiary/aromatic N) is 1. The molecule has 130 valence electrons. The number of guanidine groups is 1. The van der Waals surface area contributed by atoms with Gasteiger partial charge in [-0.2, -0.15) is 0 Å². The first kappa shape index (κ1) is 20.2. The van der Waals surface area contributed by atoms with Gasteiger partial charge >= 0.3 is 0 Å². The molecule has 1 fully saturated rings. The average molecular weight is 431 g/mol.